The molecule has 5 rings (SSSR count). The number of aromatic nitrogens is 2. The van der Waals surface area contributed by atoms with Crippen molar-refractivity contribution in [3.8, 4) is 11.8 Å². The Kier molecular flexibility index (Phi) is 9.21. The van der Waals surface area contributed by atoms with Crippen LogP contribution >= 0.6 is 0 Å². The average Bonchev–Trinajstić information content (AvgIpc) is 3.34. The van der Waals surface area contributed by atoms with Gasteiger partial charge in [0.15, 0.2) is 0 Å². The number of piperidine rings is 1. The number of carbonyl (C=O) groups excluding carboxylic acids is 2. The van der Waals surface area contributed by atoms with Crippen LogP contribution in [-0.2, 0) is 16.1 Å². The molecule has 1 aliphatic carbocycles. The fraction of sp³-hybridized carbons (Fsp3) is 0.515. The molecule has 43 heavy (non-hydrogen) atoms. The van der Waals surface area contributed by atoms with E-state index in [-0.39, 0.29) is 30.7 Å². The molecule has 1 atom stereocenters. The molecular formula is C33H42N6O4. The van der Waals surface area contributed by atoms with E-state index in [2.05, 4.69) is 11.4 Å². The standard InChI is InChI=1S/C33H42N6O4/c1-33(2,3)43-32(41)38-17-15-26(16-18-38)42-25-12-10-23(11-13-25)30(35)31-37-27-19-22(20-34)9-14-28(27)39(31)21-29(40)36-24-7-5-4-6-8-24/h9-14,19,24,26,30H,4-8,15-18,21,35H2,1-3H3,(H,36,40). The zero-order valence-electron chi connectivity index (χ0n) is 25.3. The molecule has 2 fully saturated rings. The van der Waals surface area contributed by atoms with Crippen LogP contribution in [0.5, 0.6) is 5.75 Å². The minimum atomic E-state index is -0.591. The van der Waals surface area contributed by atoms with Gasteiger partial charge in [0.05, 0.1) is 28.7 Å². The fourth-order valence-corrected chi connectivity index (χ4v) is 5.86. The maximum atomic E-state index is 13.1. The quantitative estimate of drug-likeness (QED) is 0.389. The van der Waals surface area contributed by atoms with Gasteiger partial charge in [-0.2, -0.15) is 5.26 Å². The number of amides is 2. The lowest BCUT2D eigenvalue weighted by molar-refractivity contribution is -0.122. The van der Waals surface area contributed by atoms with Gasteiger partial charge in [-0.05, 0) is 69.5 Å². The van der Waals surface area contributed by atoms with E-state index in [0.29, 0.717) is 30.0 Å². The number of rotatable bonds is 7. The third-order valence-corrected chi connectivity index (χ3v) is 8.09. The van der Waals surface area contributed by atoms with E-state index in [1.807, 2.05) is 55.7 Å². The molecule has 228 valence electrons. The molecule has 10 heteroatoms. The molecule has 1 saturated carbocycles. The molecule has 3 N–H and O–H groups in total. The first-order valence-corrected chi connectivity index (χ1v) is 15.3. The van der Waals surface area contributed by atoms with Crippen molar-refractivity contribution >= 4 is 23.0 Å². The number of nitrogens with one attached hydrogen (secondary N) is 1. The van der Waals surface area contributed by atoms with E-state index < -0.39 is 11.6 Å². The van der Waals surface area contributed by atoms with Gasteiger partial charge in [-0.3, -0.25) is 4.79 Å². The lowest BCUT2D eigenvalue weighted by Gasteiger charge is -2.33. The van der Waals surface area contributed by atoms with Gasteiger partial charge in [-0.15, -0.1) is 0 Å². The van der Waals surface area contributed by atoms with Crippen LogP contribution in [0.3, 0.4) is 0 Å². The van der Waals surface area contributed by atoms with Gasteiger partial charge in [0, 0.05) is 32.0 Å². The normalized spacial score (nSPS) is 17.3. The molecule has 2 heterocycles. The summed E-state index contributed by atoms with van der Waals surface area (Å²) in [6.45, 7) is 6.87. The largest absolute Gasteiger partial charge is 0.490 e. The van der Waals surface area contributed by atoms with Crippen LogP contribution in [0.4, 0.5) is 4.79 Å². The highest BCUT2D eigenvalue weighted by Crippen LogP contribution is 2.28. The van der Waals surface area contributed by atoms with Crippen LogP contribution in [0.1, 0.15) is 88.7 Å². The number of hydrogen-bond donors (Lipinski definition) is 2. The molecule has 1 aliphatic heterocycles. The Balaban J connectivity index is 1.27. The second kappa shape index (κ2) is 13.0. The monoisotopic (exact) mass is 586 g/mol. The molecule has 3 aromatic rings. The Morgan fingerprint density at radius 2 is 1.77 bits per heavy atom. The molecule has 2 aromatic carbocycles. The molecule has 0 bridgehead atoms. The molecular weight excluding hydrogens is 544 g/mol. The van der Waals surface area contributed by atoms with E-state index in [4.69, 9.17) is 20.2 Å². The molecule has 1 unspecified atom stereocenters. The number of likely N-dealkylation sites (tertiary alicyclic amines) is 1. The van der Waals surface area contributed by atoms with Gasteiger partial charge in [-0.1, -0.05) is 31.4 Å². The zero-order valence-corrected chi connectivity index (χ0v) is 25.3. The Morgan fingerprint density at radius 3 is 2.42 bits per heavy atom. The van der Waals surface area contributed by atoms with E-state index >= 15 is 0 Å². The Hall–Kier alpha value is -4.10. The smallest absolute Gasteiger partial charge is 0.410 e. The first kappa shape index (κ1) is 30.4. The van der Waals surface area contributed by atoms with Gasteiger partial charge in [0.1, 0.15) is 29.8 Å². The van der Waals surface area contributed by atoms with E-state index in [9.17, 15) is 14.9 Å². The molecule has 0 spiro atoms. The van der Waals surface area contributed by atoms with Crippen LogP contribution in [-0.4, -0.2) is 57.3 Å². The van der Waals surface area contributed by atoms with Crippen LogP contribution in [0, 0.1) is 11.3 Å². The predicted molar refractivity (Wildman–Crippen MR) is 163 cm³/mol. The van der Waals surface area contributed by atoms with E-state index in [1.54, 1.807) is 17.0 Å². The van der Waals surface area contributed by atoms with Crippen molar-refractivity contribution in [1.29, 1.82) is 5.26 Å². The highest BCUT2D eigenvalue weighted by molar-refractivity contribution is 5.82. The van der Waals surface area contributed by atoms with Gasteiger partial charge < -0.3 is 30.0 Å². The lowest BCUT2D eigenvalue weighted by Crippen LogP contribution is -2.44. The first-order valence-electron chi connectivity index (χ1n) is 15.3. The van der Waals surface area contributed by atoms with Crippen LogP contribution in [0.2, 0.25) is 0 Å². The topological polar surface area (TPSA) is 136 Å². The van der Waals surface area contributed by atoms with Crippen molar-refractivity contribution in [3.63, 3.8) is 0 Å². The third-order valence-electron chi connectivity index (χ3n) is 8.09. The van der Waals surface area contributed by atoms with E-state index in [0.717, 1.165) is 55.4 Å². The van der Waals surface area contributed by atoms with Crippen molar-refractivity contribution in [3.05, 3.63) is 59.4 Å². The summed E-state index contributed by atoms with van der Waals surface area (Å²) in [5.74, 6) is 1.23. The van der Waals surface area contributed by atoms with Crippen LogP contribution in [0.15, 0.2) is 42.5 Å². The van der Waals surface area contributed by atoms with Crippen molar-refractivity contribution < 1.29 is 19.1 Å². The van der Waals surface area contributed by atoms with Crippen molar-refractivity contribution in [2.75, 3.05) is 13.1 Å². The van der Waals surface area contributed by atoms with Crippen molar-refractivity contribution in [2.45, 2.75) is 96.1 Å². The fourth-order valence-electron chi connectivity index (χ4n) is 5.86. The van der Waals surface area contributed by atoms with Gasteiger partial charge >= 0.3 is 6.09 Å². The SMILES string of the molecule is CC(C)(C)OC(=O)N1CCC(Oc2ccc(C(N)c3nc4cc(C#N)ccc4n3CC(=O)NC3CCCCC3)cc2)CC1. The lowest BCUT2D eigenvalue weighted by atomic mass is 9.95. The minimum absolute atomic E-state index is 0.000542. The van der Waals surface area contributed by atoms with Gasteiger partial charge in [0.25, 0.3) is 0 Å². The average molecular weight is 587 g/mol. The summed E-state index contributed by atoms with van der Waals surface area (Å²) in [7, 11) is 0. The van der Waals surface area contributed by atoms with Crippen LogP contribution < -0.4 is 15.8 Å². The highest BCUT2D eigenvalue weighted by Gasteiger charge is 2.28. The number of fused-ring (bicyclic) bond motifs is 1. The van der Waals surface area contributed by atoms with Gasteiger partial charge in [0.2, 0.25) is 5.91 Å². The van der Waals surface area contributed by atoms with Crippen LogP contribution in [0.25, 0.3) is 11.0 Å². The summed E-state index contributed by atoms with van der Waals surface area (Å²) in [5.41, 5.74) is 8.98. The second-order valence-corrected chi connectivity index (χ2v) is 12.6. The van der Waals surface area contributed by atoms with Gasteiger partial charge in [-0.25, -0.2) is 9.78 Å². The molecule has 2 amide bonds. The Labute approximate surface area is 253 Å². The maximum Gasteiger partial charge on any atom is 0.410 e. The summed E-state index contributed by atoms with van der Waals surface area (Å²) in [4.78, 5) is 32.0. The molecule has 1 saturated heterocycles. The number of nitrogens with zero attached hydrogens (tertiary/aromatic N) is 4. The number of nitriles is 1. The highest BCUT2D eigenvalue weighted by atomic mass is 16.6. The van der Waals surface area contributed by atoms with Crippen molar-refractivity contribution in [1.82, 2.24) is 19.8 Å². The molecule has 2 aliphatic rings. The predicted octanol–water partition coefficient (Wildman–Crippen LogP) is 5.18. The number of imidazole rings is 1. The second-order valence-electron chi connectivity index (χ2n) is 12.6. The number of hydrogen-bond acceptors (Lipinski definition) is 7. The number of nitrogens with two attached hydrogens (primary N) is 1. The summed E-state index contributed by atoms with van der Waals surface area (Å²) in [6, 6.07) is 14.7. The Morgan fingerprint density at radius 1 is 1.07 bits per heavy atom. The minimum Gasteiger partial charge on any atom is -0.490 e. The zero-order chi connectivity index (χ0) is 30.6. The number of benzene rings is 2. The Bertz CT molecular complexity index is 1470. The summed E-state index contributed by atoms with van der Waals surface area (Å²) in [6.07, 6.45) is 6.65. The maximum absolute atomic E-state index is 13.1. The first-order chi connectivity index (χ1) is 20.6. The summed E-state index contributed by atoms with van der Waals surface area (Å²) >= 11 is 0. The molecule has 0 radical (unpaired) electrons. The summed E-state index contributed by atoms with van der Waals surface area (Å²) in [5, 5.41) is 12.6. The van der Waals surface area contributed by atoms with Crippen molar-refractivity contribution in [2.24, 2.45) is 5.73 Å². The number of ether oxygens (including phenoxy) is 2. The molecule has 10 nitrogen and oxygen atoms in total. The molecule has 1 aromatic heterocycles. The summed E-state index contributed by atoms with van der Waals surface area (Å²) < 4.78 is 13.6. The third kappa shape index (κ3) is 7.65. The van der Waals surface area contributed by atoms with E-state index in [1.165, 1.54) is 6.42 Å². The number of carbonyl (C=O) groups is 2.